The lowest BCUT2D eigenvalue weighted by molar-refractivity contribution is -0.114. The number of benzene rings is 1. The van der Waals surface area contributed by atoms with Gasteiger partial charge in [-0.25, -0.2) is 13.1 Å². The van der Waals surface area contributed by atoms with Crippen LogP contribution in [-0.2, 0) is 21.4 Å². The van der Waals surface area contributed by atoms with Crippen molar-refractivity contribution in [3.63, 3.8) is 0 Å². The second kappa shape index (κ2) is 8.83. The van der Waals surface area contributed by atoms with Crippen LogP contribution < -0.4 is 20.2 Å². The van der Waals surface area contributed by atoms with E-state index in [0.717, 1.165) is 0 Å². The number of carbonyl (C=O) groups is 1. The van der Waals surface area contributed by atoms with Crippen LogP contribution in [0.1, 0.15) is 26.5 Å². The molecule has 0 saturated carbocycles. The molecule has 8 nitrogen and oxygen atoms in total. The highest BCUT2D eigenvalue weighted by Gasteiger charge is 2.14. The van der Waals surface area contributed by atoms with Crippen molar-refractivity contribution in [2.75, 3.05) is 11.9 Å². The Morgan fingerprint density at radius 3 is 2.44 bits per heavy atom. The van der Waals surface area contributed by atoms with Gasteiger partial charge in [0.1, 0.15) is 0 Å². The van der Waals surface area contributed by atoms with Crippen LogP contribution in [-0.4, -0.2) is 25.9 Å². The van der Waals surface area contributed by atoms with Gasteiger partial charge in [0.05, 0.1) is 18.0 Å². The molecule has 1 amide bonds. The number of rotatable bonds is 8. The molecule has 1 aromatic heterocycles. The Morgan fingerprint density at radius 2 is 1.89 bits per heavy atom. The van der Waals surface area contributed by atoms with E-state index in [1.165, 1.54) is 43.5 Å². The van der Waals surface area contributed by atoms with Gasteiger partial charge >= 0.3 is 0 Å². The molecule has 9 heteroatoms. The van der Waals surface area contributed by atoms with Gasteiger partial charge in [0, 0.05) is 30.6 Å². The van der Waals surface area contributed by atoms with Crippen molar-refractivity contribution in [2.45, 2.75) is 32.2 Å². The molecular formula is C18H23N3O5S. The summed E-state index contributed by atoms with van der Waals surface area (Å²) in [7, 11) is -3.76. The molecule has 1 heterocycles. The van der Waals surface area contributed by atoms with E-state index in [2.05, 4.69) is 15.0 Å². The Labute approximate surface area is 158 Å². The summed E-state index contributed by atoms with van der Waals surface area (Å²) in [5, 5.41) is 2.56. The Hall–Kier alpha value is -2.65. The summed E-state index contributed by atoms with van der Waals surface area (Å²) in [6, 6.07) is 7.08. The first-order chi connectivity index (χ1) is 12.7. The van der Waals surface area contributed by atoms with Crippen LogP contribution in [0.5, 0.6) is 5.75 Å². The Kier molecular flexibility index (Phi) is 6.75. The highest BCUT2D eigenvalue weighted by Crippen LogP contribution is 2.14. The second-order valence-corrected chi connectivity index (χ2v) is 8.19. The molecule has 3 N–H and O–H groups in total. The summed E-state index contributed by atoms with van der Waals surface area (Å²) in [5.74, 6) is 0.241. The fourth-order valence-electron chi connectivity index (χ4n) is 2.15. The van der Waals surface area contributed by atoms with Crippen LogP contribution in [0, 0.1) is 5.92 Å². The minimum Gasteiger partial charge on any atom is -0.488 e. The van der Waals surface area contributed by atoms with Gasteiger partial charge in [0.25, 0.3) is 0 Å². The number of aromatic nitrogens is 1. The van der Waals surface area contributed by atoms with Crippen LogP contribution in [0.25, 0.3) is 0 Å². The number of ether oxygens (including phenoxy) is 1. The molecule has 0 radical (unpaired) electrons. The maximum absolute atomic E-state index is 12.4. The Bertz CT molecular complexity index is 950. The summed E-state index contributed by atoms with van der Waals surface area (Å²) >= 11 is 0. The summed E-state index contributed by atoms with van der Waals surface area (Å²) in [6.07, 6.45) is 1.43. The molecular weight excluding hydrogens is 370 g/mol. The van der Waals surface area contributed by atoms with E-state index in [0.29, 0.717) is 18.0 Å². The first kappa shape index (κ1) is 20.7. The number of anilines is 1. The van der Waals surface area contributed by atoms with Crippen molar-refractivity contribution < 1.29 is 17.9 Å². The fraction of sp³-hybridized carbons (Fsp3) is 0.333. The van der Waals surface area contributed by atoms with Crippen LogP contribution in [0.2, 0.25) is 0 Å². The lowest BCUT2D eigenvalue weighted by Gasteiger charge is -2.10. The molecule has 0 bridgehead atoms. The van der Waals surface area contributed by atoms with Gasteiger partial charge in [-0.05, 0) is 30.2 Å². The monoisotopic (exact) mass is 393 g/mol. The maximum atomic E-state index is 12.4. The predicted molar refractivity (Wildman–Crippen MR) is 102 cm³/mol. The fourth-order valence-corrected chi connectivity index (χ4v) is 3.16. The van der Waals surface area contributed by atoms with Crippen LogP contribution in [0.15, 0.2) is 46.2 Å². The quantitative estimate of drug-likeness (QED) is 0.633. The van der Waals surface area contributed by atoms with Crippen molar-refractivity contribution in [1.29, 1.82) is 0 Å². The van der Waals surface area contributed by atoms with Gasteiger partial charge < -0.3 is 15.0 Å². The van der Waals surface area contributed by atoms with E-state index < -0.39 is 10.0 Å². The summed E-state index contributed by atoms with van der Waals surface area (Å²) < 4.78 is 32.5. The highest BCUT2D eigenvalue weighted by atomic mass is 32.2. The van der Waals surface area contributed by atoms with Gasteiger partial charge in [-0.15, -0.1) is 0 Å². The molecule has 0 unspecified atom stereocenters. The zero-order chi connectivity index (χ0) is 20.0. The number of amides is 1. The largest absolute Gasteiger partial charge is 0.488 e. The van der Waals surface area contributed by atoms with Gasteiger partial charge in [0.2, 0.25) is 21.4 Å². The number of carbonyl (C=O) groups excluding carboxylic acids is 1. The minimum absolute atomic E-state index is 0.0517. The third-order valence-electron chi connectivity index (χ3n) is 3.45. The molecule has 0 aliphatic heterocycles. The maximum Gasteiger partial charge on any atom is 0.240 e. The summed E-state index contributed by atoms with van der Waals surface area (Å²) in [5.41, 5.74) is 0.598. The molecule has 2 rings (SSSR count). The van der Waals surface area contributed by atoms with Crippen LogP contribution in [0.4, 0.5) is 5.69 Å². The molecule has 2 aromatic rings. The molecule has 146 valence electrons. The Morgan fingerprint density at radius 1 is 1.22 bits per heavy atom. The third kappa shape index (κ3) is 6.22. The molecule has 27 heavy (non-hydrogen) atoms. The van der Waals surface area contributed by atoms with Crippen molar-refractivity contribution in [1.82, 2.24) is 9.71 Å². The predicted octanol–water partition coefficient (Wildman–Crippen LogP) is 1.85. The molecule has 0 fully saturated rings. The average Bonchev–Trinajstić information content (AvgIpc) is 2.59. The average molecular weight is 393 g/mol. The zero-order valence-electron chi connectivity index (χ0n) is 15.4. The third-order valence-corrected chi connectivity index (χ3v) is 4.86. The van der Waals surface area contributed by atoms with Crippen molar-refractivity contribution >= 4 is 21.6 Å². The second-order valence-electron chi connectivity index (χ2n) is 6.42. The van der Waals surface area contributed by atoms with Crippen molar-refractivity contribution in [3.8, 4) is 5.75 Å². The summed E-state index contributed by atoms with van der Waals surface area (Å²) in [6.45, 7) is 5.66. The first-order valence-electron chi connectivity index (χ1n) is 8.39. The smallest absolute Gasteiger partial charge is 0.240 e. The first-order valence-corrected chi connectivity index (χ1v) is 9.87. The standard InChI is InChI=1S/C18H23N3O5S/c1-12(2)11-26-18-10-19-15(8-17(18)23)9-20-27(24,25)16-6-4-14(5-7-16)21-13(3)22/h4-8,10,12,20H,9,11H2,1-3H3,(H,19,23)(H,21,22). The van der Waals surface area contributed by atoms with Gasteiger partial charge in [-0.1, -0.05) is 13.8 Å². The highest BCUT2D eigenvalue weighted by molar-refractivity contribution is 7.89. The lowest BCUT2D eigenvalue weighted by Crippen LogP contribution is -2.24. The van der Waals surface area contributed by atoms with E-state index >= 15 is 0 Å². The SMILES string of the molecule is CC(=O)Nc1ccc(S(=O)(=O)NCc2cc(=O)c(OCC(C)C)c[nH]2)cc1. The molecule has 0 aliphatic carbocycles. The topological polar surface area (TPSA) is 117 Å². The molecule has 0 aliphatic rings. The number of H-pyrrole nitrogens is 1. The van der Waals surface area contributed by atoms with E-state index in [1.54, 1.807) is 0 Å². The lowest BCUT2D eigenvalue weighted by atomic mass is 10.2. The minimum atomic E-state index is -3.76. The number of nitrogens with one attached hydrogen (secondary N) is 3. The molecule has 0 spiro atoms. The number of sulfonamides is 1. The number of hydrogen-bond acceptors (Lipinski definition) is 5. The van der Waals surface area contributed by atoms with E-state index in [9.17, 15) is 18.0 Å². The summed E-state index contributed by atoms with van der Waals surface area (Å²) in [4.78, 5) is 25.9. The normalized spacial score (nSPS) is 11.4. The van der Waals surface area contributed by atoms with Crippen LogP contribution in [0.3, 0.4) is 0 Å². The number of pyridine rings is 1. The van der Waals surface area contributed by atoms with E-state index in [1.807, 2.05) is 13.8 Å². The number of hydrogen-bond donors (Lipinski definition) is 3. The molecule has 0 saturated heterocycles. The zero-order valence-corrected chi connectivity index (χ0v) is 16.2. The van der Waals surface area contributed by atoms with E-state index in [-0.39, 0.29) is 34.4 Å². The van der Waals surface area contributed by atoms with Crippen LogP contribution >= 0.6 is 0 Å². The Balaban J connectivity index is 2.03. The van der Waals surface area contributed by atoms with E-state index in [4.69, 9.17) is 4.74 Å². The van der Waals surface area contributed by atoms with Crippen molar-refractivity contribution in [2.24, 2.45) is 5.92 Å². The van der Waals surface area contributed by atoms with Gasteiger partial charge in [0.15, 0.2) is 5.75 Å². The molecule has 1 aromatic carbocycles. The number of aromatic amines is 1. The van der Waals surface area contributed by atoms with Gasteiger partial charge in [-0.3, -0.25) is 9.59 Å². The molecule has 0 atom stereocenters. The van der Waals surface area contributed by atoms with Crippen molar-refractivity contribution in [3.05, 3.63) is 52.4 Å². The van der Waals surface area contributed by atoms with Gasteiger partial charge in [-0.2, -0.15) is 0 Å².